The van der Waals surface area contributed by atoms with Crippen molar-refractivity contribution in [1.29, 1.82) is 5.26 Å². The molecular weight excluding hydrogens is 365 g/mol. The van der Waals surface area contributed by atoms with Gasteiger partial charge in [-0.25, -0.2) is 9.48 Å². The number of halogens is 3. The van der Waals surface area contributed by atoms with Crippen LogP contribution in [-0.4, -0.2) is 33.4 Å². The third-order valence-electron chi connectivity index (χ3n) is 3.62. The van der Waals surface area contributed by atoms with Gasteiger partial charge >= 0.3 is 12.3 Å². The molecule has 0 atom stereocenters. The van der Waals surface area contributed by atoms with Gasteiger partial charge < -0.3 is 9.84 Å². The predicted octanol–water partition coefficient (Wildman–Crippen LogP) is 3.68. The molecule has 0 fully saturated rings. The highest BCUT2D eigenvalue weighted by molar-refractivity contribution is 5.88. The van der Waals surface area contributed by atoms with Crippen molar-refractivity contribution in [2.45, 2.75) is 19.2 Å². The Kier molecular flexibility index (Phi) is 4.68. The Labute approximate surface area is 150 Å². The van der Waals surface area contributed by atoms with Crippen LogP contribution in [0.2, 0.25) is 0 Å². The number of aromatic nitrogens is 2. The van der Waals surface area contributed by atoms with E-state index in [1.807, 2.05) is 0 Å². The van der Waals surface area contributed by atoms with Gasteiger partial charge in [0.05, 0.1) is 23.0 Å². The van der Waals surface area contributed by atoms with Crippen molar-refractivity contribution in [2.24, 2.45) is 4.99 Å². The van der Waals surface area contributed by atoms with Crippen LogP contribution < -0.4 is 4.74 Å². The maximum Gasteiger partial charge on any atom is 0.573 e. The van der Waals surface area contributed by atoms with Crippen molar-refractivity contribution in [1.82, 2.24) is 9.78 Å². The molecule has 0 bridgehead atoms. The summed E-state index contributed by atoms with van der Waals surface area (Å²) in [6.07, 6.45) is -0.642. The highest BCUT2D eigenvalue weighted by atomic mass is 19.4. The van der Waals surface area contributed by atoms with Gasteiger partial charge in [0.25, 0.3) is 0 Å². The van der Waals surface area contributed by atoms with E-state index >= 15 is 0 Å². The highest BCUT2D eigenvalue weighted by Gasteiger charge is 2.31. The Morgan fingerprint density at radius 3 is 2.67 bits per heavy atom. The zero-order valence-electron chi connectivity index (χ0n) is 13.6. The first-order chi connectivity index (χ1) is 12.8. The summed E-state index contributed by atoms with van der Waals surface area (Å²) in [6.45, 7) is 0. The largest absolute Gasteiger partial charge is 0.573 e. The third kappa shape index (κ3) is 4.14. The van der Waals surface area contributed by atoms with Crippen molar-refractivity contribution in [3.05, 3.63) is 41.7 Å². The number of carbonyl (C=O) groups is 1. The van der Waals surface area contributed by atoms with Gasteiger partial charge in [0.15, 0.2) is 5.69 Å². The normalized spacial score (nSPS) is 13.8. The molecule has 0 saturated carbocycles. The van der Waals surface area contributed by atoms with Gasteiger partial charge in [0.1, 0.15) is 5.75 Å². The second kappa shape index (κ2) is 6.95. The van der Waals surface area contributed by atoms with Gasteiger partial charge in [-0.05, 0) is 37.1 Å². The number of nitrogens with zero attached hydrogens (tertiary/aromatic N) is 4. The molecule has 0 unspecified atom stereocenters. The molecule has 2 aromatic rings. The number of allylic oxidation sites excluding steroid dienone is 1. The van der Waals surface area contributed by atoms with Crippen molar-refractivity contribution >= 4 is 17.9 Å². The van der Waals surface area contributed by atoms with Gasteiger partial charge in [-0.3, -0.25) is 4.99 Å². The summed E-state index contributed by atoms with van der Waals surface area (Å²) >= 11 is 0. The van der Waals surface area contributed by atoms with E-state index in [0.717, 1.165) is 12.1 Å². The summed E-state index contributed by atoms with van der Waals surface area (Å²) < 4.78 is 42.9. The lowest BCUT2D eigenvalue weighted by molar-refractivity contribution is -0.274. The number of carboxylic acid groups (broad SMARTS) is 1. The molecule has 7 nitrogen and oxygen atoms in total. The minimum atomic E-state index is -4.93. The summed E-state index contributed by atoms with van der Waals surface area (Å²) in [5.41, 5.74) is 0.567. The fraction of sp³-hybridized carbons (Fsp3) is 0.176. The van der Waals surface area contributed by atoms with E-state index in [0.29, 0.717) is 18.5 Å². The summed E-state index contributed by atoms with van der Waals surface area (Å²) in [4.78, 5) is 15.3. The molecule has 0 aliphatic carbocycles. The predicted molar refractivity (Wildman–Crippen MR) is 88.0 cm³/mol. The number of rotatable bonds is 4. The first-order valence-corrected chi connectivity index (χ1v) is 7.62. The SMILES string of the molecule is N#Cc1cc(OC(F)(F)F)cc(-c2cc(C(=O)O)nn2C2=CN=CCC2)c1. The van der Waals surface area contributed by atoms with E-state index in [1.54, 1.807) is 12.3 Å². The number of nitriles is 1. The number of hydrogen-bond donors (Lipinski definition) is 1. The number of aromatic carboxylic acids is 1. The monoisotopic (exact) mass is 376 g/mol. The lowest BCUT2D eigenvalue weighted by Gasteiger charge is -2.14. The van der Waals surface area contributed by atoms with Crippen molar-refractivity contribution in [2.75, 3.05) is 0 Å². The lowest BCUT2D eigenvalue weighted by Crippen LogP contribution is -2.17. The van der Waals surface area contributed by atoms with Crippen LogP contribution in [0.25, 0.3) is 17.0 Å². The molecule has 1 aromatic heterocycles. The highest BCUT2D eigenvalue weighted by Crippen LogP contribution is 2.32. The molecule has 0 spiro atoms. The fourth-order valence-electron chi connectivity index (χ4n) is 2.57. The number of benzene rings is 1. The number of hydrogen-bond acceptors (Lipinski definition) is 5. The van der Waals surface area contributed by atoms with E-state index in [9.17, 15) is 23.1 Å². The summed E-state index contributed by atoms with van der Waals surface area (Å²) in [6, 6.07) is 6.32. The van der Waals surface area contributed by atoms with Gasteiger partial charge in [-0.15, -0.1) is 13.2 Å². The van der Waals surface area contributed by atoms with Crippen LogP contribution in [-0.2, 0) is 0 Å². The average Bonchev–Trinajstić information content (AvgIpc) is 3.06. The van der Waals surface area contributed by atoms with Crippen LogP contribution in [0, 0.1) is 11.3 Å². The van der Waals surface area contributed by atoms with Crippen molar-refractivity contribution in [3.8, 4) is 23.1 Å². The van der Waals surface area contributed by atoms with E-state index in [-0.39, 0.29) is 22.5 Å². The van der Waals surface area contributed by atoms with Gasteiger partial charge in [-0.1, -0.05) is 0 Å². The summed E-state index contributed by atoms with van der Waals surface area (Å²) in [5, 5.41) is 22.3. The molecule has 27 heavy (non-hydrogen) atoms. The number of aliphatic imine (C=N–C) groups is 1. The number of carboxylic acids is 1. The summed E-state index contributed by atoms with van der Waals surface area (Å²) in [7, 11) is 0. The second-order valence-corrected chi connectivity index (χ2v) is 5.53. The maximum absolute atomic E-state index is 12.6. The molecule has 3 rings (SSSR count). The quantitative estimate of drug-likeness (QED) is 0.877. The van der Waals surface area contributed by atoms with E-state index < -0.39 is 18.1 Å². The van der Waals surface area contributed by atoms with Crippen LogP contribution in [0.4, 0.5) is 13.2 Å². The standard InChI is InChI=1S/C17H11F3N4O3/c18-17(19,20)27-13-5-10(8-21)4-11(6-13)15-7-14(16(25)26)23-24(15)12-2-1-3-22-9-12/h3-7,9H,1-2H2,(H,25,26). The van der Waals surface area contributed by atoms with Crippen LogP contribution in [0.3, 0.4) is 0 Å². The maximum atomic E-state index is 12.6. The molecular formula is C17H11F3N4O3. The first kappa shape index (κ1) is 18.2. The lowest BCUT2D eigenvalue weighted by atomic mass is 10.1. The van der Waals surface area contributed by atoms with Crippen LogP contribution in [0.5, 0.6) is 5.75 Å². The second-order valence-electron chi connectivity index (χ2n) is 5.53. The molecule has 1 aliphatic rings. The van der Waals surface area contributed by atoms with Gasteiger partial charge in [0.2, 0.25) is 0 Å². The number of alkyl halides is 3. The van der Waals surface area contributed by atoms with Crippen LogP contribution in [0.1, 0.15) is 28.9 Å². The fourth-order valence-corrected chi connectivity index (χ4v) is 2.57. The molecule has 1 aliphatic heterocycles. The summed E-state index contributed by atoms with van der Waals surface area (Å²) in [5.74, 6) is -1.88. The molecule has 0 radical (unpaired) electrons. The Morgan fingerprint density at radius 1 is 1.30 bits per heavy atom. The van der Waals surface area contributed by atoms with E-state index in [4.69, 9.17) is 5.26 Å². The van der Waals surface area contributed by atoms with E-state index in [1.165, 1.54) is 23.0 Å². The van der Waals surface area contributed by atoms with Crippen LogP contribution in [0.15, 0.2) is 35.5 Å². The molecule has 0 saturated heterocycles. The van der Waals surface area contributed by atoms with Crippen LogP contribution >= 0.6 is 0 Å². The third-order valence-corrected chi connectivity index (χ3v) is 3.62. The Morgan fingerprint density at radius 2 is 2.07 bits per heavy atom. The Bertz CT molecular complexity index is 1000. The van der Waals surface area contributed by atoms with Gasteiger partial charge in [-0.2, -0.15) is 10.4 Å². The Hall–Kier alpha value is -3.61. The smallest absolute Gasteiger partial charge is 0.476 e. The molecule has 2 heterocycles. The van der Waals surface area contributed by atoms with Crippen molar-refractivity contribution in [3.63, 3.8) is 0 Å². The zero-order valence-corrected chi connectivity index (χ0v) is 13.6. The van der Waals surface area contributed by atoms with Crippen molar-refractivity contribution < 1.29 is 27.8 Å². The van der Waals surface area contributed by atoms with Gasteiger partial charge in [0, 0.05) is 18.0 Å². The minimum Gasteiger partial charge on any atom is -0.476 e. The number of ether oxygens (including phenoxy) is 1. The average molecular weight is 376 g/mol. The first-order valence-electron chi connectivity index (χ1n) is 7.62. The molecule has 1 N–H and O–H groups in total. The molecule has 0 amide bonds. The topological polar surface area (TPSA) is 100 Å². The Balaban J connectivity index is 2.16. The minimum absolute atomic E-state index is 0.0768. The molecule has 138 valence electrons. The molecule has 10 heteroatoms. The van der Waals surface area contributed by atoms with E-state index in [2.05, 4.69) is 14.8 Å². The zero-order chi connectivity index (χ0) is 19.6. The molecule has 1 aromatic carbocycles.